The van der Waals surface area contributed by atoms with Crippen molar-refractivity contribution in [1.82, 2.24) is 45.3 Å². The molecule has 2 aromatic carbocycles. The van der Waals surface area contributed by atoms with E-state index in [-0.39, 0.29) is 65.7 Å². The Bertz CT molecular complexity index is 2880. The Kier molecular flexibility index (Phi) is 20.6. The minimum Gasteiger partial charge on any atom is -0.474 e. The number of carbonyl (C=O) groups excluding carboxylic acids is 6. The number of aromatic nitrogens is 4. The zero-order valence-corrected chi connectivity index (χ0v) is 46.1. The quantitative estimate of drug-likeness (QED) is 0.0408. The number of likely N-dealkylation sites (tertiary alicyclic amines) is 2. The Morgan fingerprint density at radius 2 is 1.51 bits per heavy atom. The number of primary amides is 1. The van der Waals surface area contributed by atoms with Gasteiger partial charge in [-0.1, -0.05) is 70.0 Å². The van der Waals surface area contributed by atoms with Crippen molar-refractivity contribution >= 4 is 46.8 Å². The van der Waals surface area contributed by atoms with Gasteiger partial charge in [0.1, 0.15) is 29.5 Å². The van der Waals surface area contributed by atoms with E-state index < -0.39 is 29.8 Å². The van der Waals surface area contributed by atoms with Crippen LogP contribution in [-0.2, 0) is 43.5 Å². The number of unbranched alkanes of at least 4 members (excludes halogenated alkanes) is 4. The molecular weight excluding hydrogens is 1040 g/mol. The number of piperidine rings is 1. The van der Waals surface area contributed by atoms with Crippen LogP contribution in [0.25, 0.3) is 21.7 Å². The van der Waals surface area contributed by atoms with Gasteiger partial charge in [0.15, 0.2) is 0 Å². The van der Waals surface area contributed by atoms with Crippen molar-refractivity contribution in [1.29, 1.82) is 0 Å². The molecule has 18 nitrogen and oxygen atoms in total. The number of nitrogens with zero attached hydrogens (tertiary/aromatic N) is 6. The van der Waals surface area contributed by atoms with Crippen molar-refractivity contribution in [2.75, 3.05) is 26.2 Å². The van der Waals surface area contributed by atoms with E-state index in [1.165, 1.54) is 24.3 Å². The van der Waals surface area contributed by atoms with E-state index in [4.69, 9.17) is 10.5 Å². The van der Waals surface area contributed by atoms with Gasteiger partial charge >= 0.3 is 6.36 Å². The molecule has 7 rings (SSSR count). The lowest BCUT2D eigenvalue weighted by Crippen LogP contribution is -2.57. The maximum absolute atomic E-state index is 14.0. The second kappa shape index (κ2) is 27.5. The van der Waals surface area contributed by atoms with Crippen LogP contribution < -0.4 is 31.2 Å². The van der Waals surface area contributed by atoms with Crippen LogP contribution in [0.3, 0.4) is 0 Å². The number of nitrogens with one attached hydrogen (secondary N) is 3. The monoisotopic (exact) mass is 1110 g/mol. The largest absolute Gasteiger partial charge is 0.573 e. The molecular formula is C57H71F3N10O8S. The Labute approximate surface area is 462 Å². The first-order valence-corrected chi connectivity index (χ1v) is 27.8. The topological polar surface area (TPSA) is 233 Å². The normalized spacial score (nSPS) is 15.4. The van der Waals surface area contributed by atoms with Crippen molar-refractivity contribution in [2.45, 2.75) is 149 Å². The van der Waals surface area contributed by atoms with Crippen LogP contribution >= 0.6 is 11.3 Å². The summed E-state index contributed by atoms with van der Waals surface area (Å²) in [7, 11) is 0. The third-order valence-corrected chi connectivity index (χ3v) is 15.0. The SMILES string of the molecule is Cc1ncsc1-c1ccc(CNC(=O)[C@@H]2CCCN2C(=O)[C@@H](NC(=O)CCCCCCC(=O)NCCCCn2cnc(-c3cnc(OC4CCN(C(=O)Cc5ccc(OC(F)(F)F)cc5)CC4)c(C(N)=O)c3)c2)C(C)(C)C)cc1. The highest BCUT2D eigenvalue weighted by Gasteiger charge is 2.42. The first-order valence-electron chi connectivity index (χ1n) is 27.0. The van der Waals surface area contributed by atoms with Crippen molar-refractivity contribution in [2.24, 2.45) is 11.1 Å². The fourth-order valence-corrected chi connectivity index (χ4v) is 10.5. The summed E-state index contributed by atoms with van der Waals surface area (Å²) in [4.78, 5) is 96.2. The number of hydrogen-bond donors (Lipinski definition) is 4. The third-order valence-electron chi connectivity index (χ3n) is 14.0. The van der Waals surface area contributed by atoms with E-state index in [0.717, 1.165) is 47.4 Å². The van der Waals surface area contributed by atoms with E-state index in [9.17, 15) is 41.9 Å². The Morgan fingerprint density at radius 1 is 0.810 bits per heavy atom. The second-order valence-corrected chi connectivity index (χ2v) is 22.1. The average Bonchev–Trinajstić information content (AvgIpc) is 4.25. The fourth-order valence-electron chi connectivity index (χ4n) is 9.64. The number of amides is 6. The highest BCUT2D eigenvalue weighted by molar-refractivity contribution is 7.13. The van der Waals surface area contributed by atoms with E-state index in [1.54, 1.807) is 39.7 Å². The predicted molar refractivity (Wildman–Crippen MR) is 291 cm³/mol. The van der Waals surface area contributed by atoms with E-state index >= 15 is 0 Å². The first-order chi connectivity index (χ1) is 37.7. The van der Waals surface area contributed by atoms with Gasteiger partial charge in [-0.05, 0) is 85.8 Å². The van der Waals surface area contributed by atoms with Crippen molar-refractivity contribution < 1.29 is 51.4 Å². The molecule has 0 radical (unpaired) electrons. The van der Waals surface area contributed by atoms with Crippen LogP contribution in [0.2, 0.25) is 0 Å². The summed E-state index contributed by atoms with van der Waals surface area (Å²) in [5, 5.41) is 8.98. The van der Waals surface area contributed by atoms with Gasteiger partial charge < -0.3 is 45.5 Å². The van der Waals surface area contributed by atoms with Crippen molar-refractivity contribution in [3.63, 3.8) is 0 Å². The van der Waals surface area contributed by atoms with Crippen LogP contribution in [0.15, 0.2) is 78.8 Å². The maximum Gasteiger partial charge on any atom is 0.573 e. The molecule has 5 aromatic rings. The number of thiazole rings is 1. The number of pyridine rings is 1. The summed E-state index contributed by atoms with van der Waals surface area (Å²) in [6.45, 7) is 10.4. The van der Waals surface area contributed by atoms with Crippen LogP contribution in [0, 0.1) is 12.3 Å². The Hall–Kier alpha value is -7.36. The van der Waals surface area contributed by atoms with Gasteiger partial charge in [-0.2, -0.15) is 0 Å². The van der Waals surface area contributed by atoms with E-state index in [2.05, 4.69) is 35.6 Å². The molecule has 2 saturated heterocycles. The number of rotatable bonds is 25. The van der Waals surface area contributed by atoms with E-state index in [1.807, 2.05) is 68.2 Å². The number of aryl methyl sites for hydroxylation is 2. The van der Waals surface area contributed by atoms with Crippen LogP contribution in [0.4, 0.5) is 13.2 Å². The highest BCUT2D eigenvalue weighted by Crippen LogP contribution is 2.30. The fraction of sp³-hybridized carbons (Fsp3) is 0.491. The molecule has 0 spiro atoms. The number of halogens is 3. The van der Waals surface area contributed by atoms with Crippen LogP contribution in [-0.4, -0.2) is 115 Å². The minimum atomic E-state index is -4.80. The van der Waals surface area contributed by atoms with Crippen LogP contribution in [0.1, 0.15) is 125 Å². The molecule has 5 heterocycles. The van der Waals surface area contributed by atoms with Gasteiger partial charge in [-0.15, -0.1) is 24.5 Å². The van der Waals surface area contributed by atoms with Crippen molar-refractivity contribution in [3.8, 4) is 33.3 Å². The lowest BCUT2D eigenvalue weighted by Gasteiger charge is -2.35. The molecule has 6 amide bonds. The number of carbonyl (C=O) groups is 6. The molecule has 2 fully saturated rings. The maximum atomic E-state index is 14.0. The van der Waals surface area contributed by atoms with Gasteiger partial charge in [0.25, 0.3) is 5.91 Å². The third kappa shape index (κ3) is 17.6. The molecule has 5 N–H and O–H groups in total. The summed E-state index contributed by atoms with van der Waals surface area (Å²) < 4.78 is 49.4. The van der Waals surface area contributed by atoms with Crippen molar-refractivity contribution in [3.05, 3.63) is 101 Å². The van der Waals surface area contributed by atoms with E-state index in [0.29, 0.717) is 101 Å². The standard InChI is InChI=1S/C57H71F3N10O8S/c1-37-50(79-36-66-37)40-19-15-39(16-20-40)32-63-53(75)46-12-11-27-70(46)55(76)51(56(2,3)4)67-48(72)14-8-6-5-7-13-47(71)62-25-9-10-26-68-34-45(65-35-68)41-31-44(52(61)74)54(64-33-41)77-42-23-28-69(29-24-42)49(73)30-38-17-21-43(22-18-38)78-57(58,59)60/h15-22,31,33-36,42,46,51H,5-14,23-30,32H2,1-4H3,(H2,61,74)(H,62,71)(H,63,75)(H,67,72)/t46-,51+/m0/s1. The van der Waals surface area contributed by atoms with Gasteiger partial charge in [-0.25, -0.2) is 15.0 Å². The zero-order chi connectivity index (χ0) is 56.7. The van der Waals surface area contributed by atoms with Gasteiger partial charge in [0, 0.05) is 82.9 Å². The molecule has 2 aliphatic heterocycles. The molecule has 2 aliphatic rings. The molecule has 79 heavy (non-hydrogen) atoms. The molecule has 424 valence electrons. The summed E-state index contributed by atoms with van der Waals surface area (Å²) in [6.07, 6.45) is 7.12. The molecule has 0 bridgehead atoms. The molecule has 0 saturated carbocycles. The number of imidazole rings is 1. The highest BCUT2D eigenvalue weighted by atomic mass is 32.1. The number of benzene rings is 2. The summed E-state index contributed by atoms with van der Waals surface area (Å²) >= 11 is 1.59. The number of nitrogens with two attached hydrogens (primary N) is 1. The number of ether oxygens (including phenoxy) is 2. The first kappa shape index (κ1) is 59.3. The second-order valence-electron chi connectivity index (χ2n) is 21.2. The summed E-state index contributed by atoms with van der Waals surface area (Å²) in [5.41, 5.74) is 11.8. The lowest BCUT2D eigenvalue weighted by molar-refractivity contribution is -0.274. The zero-order valence-electron chi connectivity index (χ0n) is 45.2. The number of hydrogen-bond acceptors (Lipinski definition) is 12. The smallest absolute Gasteiger partial charge is 0.474 e. The molecule has 22 heteroatoms. The molecule has 2 atom stereocenters. The van der Waals surface area contributed by atoms with Gasteiger partial charge in [0.2, 0.25) is 35.4 Å². The Balaban J connectivity index is 0.744. The lowest BCUT2D eigenvalue weighted by atomic mass is 9.85. The predicted octanol–water partition coefficient (Wildman–Crippen LogP) is 8.06. The molecule has 0 aliphatic carbocycles. The van der Waals surface area contributed by atoms with Gasteiger partial charge in [-0.3, -0.25) is 28.8 Å². The Morgan fingerprint density at radius 3 is 2.16 bits per heavy atom. The van der Waals surface area contributed by atoms with Crippen LogP contribution in [0.5, 0.6) is 11.6 Å². The average molecular weight is 1110 g/mol. The molecule has 0 unspecified atom stereocenters. The summed E-state index contributed by atoms with van der Waals surface area (Å²) in [5.74, 6) is -1.89. The summed E-state index contributed by atoms with van der Waals surface area (Å²) in [6, 6.07) is 13.4. The minimum absolute atomic E-state index is 0.0172. The number of alkyl halides is 3. The van der Waals surface area contributed by atoms with Gasteiger partial charge in [0.05, 0.1) is 34.5 Å². The molecule has 3 aromatic heterocycles.